The van der Waals surface area contributed by atoms with Gasteiger partial charge < -0.3 is 15.1 Å². The number of carbonyl (C=O) groups excluding carboxylic acids is 2. The standard InChI is InChI=1S/C16H18Cl2N4O5S/c1-22-14(18)12(13(17)21-22)16(24)20-9-5-3-4-8(9)19-15(23)10-6-7-11(27-10)28(2,25)26/h6-9H,3-5H2,1-2H3,(H,19,23)(H,20,24)/t8-,9-/m1/s1. The van der Waals surface area contributed by atoms with Gasteiger partial charge >= 0.3 is 0 Å². The lowest BCUT2D eigenvalue weighted by Gasteiger charge is -2.21. The minimum absolute atomic E-state index is 0.00697. The van der Waals surface area contributed by atoms with Crippen molar-refractivity contribution in [1.82, 2.24) is 20.4 Å². The highest BCUT2D eigenvalue weighted by atomic mass is 35.5. The van der Waals surface area contributed by atoms with Gasteiger partial charge in [0.25, 0.3) is 11.8 Å². The van der Waals surface area contributed by atoms with Crippen molar-refractivity contribution in [3.63, 3.8) is 0 Å². The fraction of sp³-hybridized carbons (Fsp3) is 0.438. The minimum Gasteiger partial charge on any atom is -0.440 e. The summed E-state index contributed by atoms with van der Waals surface area (Å²) < 4.78 is 29.4. The Balaban J connectivity index is 1.68. The smallest absolute Gasteiger partial charge is 0.287 e. The van der Waals surface area contributed by atoms with Gasteiger partial charge in [0.05, 0.1) is 0 Å². The van der Waals surface area contributed by atoms with Crippen LogP contribution < -0.4 is 10.6 Å². The molecule has 9 nitrogen and oxygen atoms in total. The molecule has 2 atom stereocenters. The molecular formula is C16H18Cl2N4O5S. The van der Waals surface area contributed by atoms with Crippen molar-refractivity contribution in [3.8, 4) is 0 Å². The summed E-state index contributed by atoms with van der Waals surface area (Å²) in [5.74, 6) is -1.15. The van der Waals surface area contributed by atoms with E-state index in [2.05, 4.69) is 15.7 Å². The number of amides is 2. The molecule has 2 aromatic heterocycles. The summed E-state index contributed by atoms with van der Waals surface area (Å²) in [7, 11) is -1.98. The van der Waals surface area contributed by atoms with Crippen LogP contribution >= 0.6 is 23.2 Å². The Bertz CT molecular complexity index is 1030. The second kappa shape index (κ2) is 7.76. The molecule has 28 heavy (non-hydrogen) atoms. The molecule has 2 amide bonds. The SMILES string of the molecule is Cn1nc(Cl)c(C(=O)N[C@@H]2CCC[C@H]2NC(=O)c2ccc(S(C)(=O)=O)o2)c1Cl. The van der Waals surface area contributed by atoms with Gasteiger partial charge in [-0.2, -0.15) is 5.10 Å². The number of sulfone groups is 1. The molecule has 0 aromatic carbocycles. The van der Waals surface area contributed by atoms with Crippen LogP contribution in [0.25, 0.3) is 0 Å². The Labute approximate surface area is 171 Å². The van der Waals surface area contributed by atoms with Gasteiger partial charge in [0.2, 0.25) is 14.9 Å². The second-order valence-corrected chi connectivity index (χ2v) is 9.22. The van der Waals surface area contributed by atoms with E-state index in [1.807, 2.05) is 0 Å². The zero-order valence-electron chi connectivity index (χ0n) is 15.0. The van der Waals surface area contributed by atoms with Crippen LogP contribution in [-0.4, -0.2) is 48.4 Å². The van der Waals surface area contributed by atoms with Crippen molar-refractivity contribution in [1.29, 1.82) is 0 Å². The van der Waals surface area contributed by atoms with Gasteiger partial charge in [-0.25, -0.2) is 8.42 Å². The first-order chi connectivity index (χ1) is 13.1. The Morgan fingerprint density at radius 1 is 1.18 bits per heavy atom. The fourth-order valence-electron chi connectivity index (χ4n) is 3.09. The van der Waals surface area contributed by atoms with E-state index in [9.17, 15) is 18.0 Å². The number of rotatable bonds is 5. The molecule has 0 aliphatic heterocycles. The van der Waals surface area contributed by atoms with E-state index in [0.717, 1.165) is 12.7 Å². The molecule has 0 radical (unpaired) electrons. The quantitative estimate of drug-likeness (QED) is 0.718. The van der Waals surface area contributed by atoms with E-state index in [1.165, 1.54) is 16.8 Å². The summed E-state index contributed by atoms with van der Waals surface area (Å²) in [6.45, 7) is 0. The minimum atomic E-state index is -3.54. The highest BCUT2D eigenvalue weighted by molar-refractivity contribution is 7.90. The van der Waals surface area contributed by atoms with Crippen molar-refractivity contribution in [2.45, 2.75) is 36.4 Å². The van der Waals surface area contributed by atoms with Crippen LogP contribution in [0.4, 0.5) is 0 Å². The van der Waals surface area contributed by atoms with Crippen molar-refractivity contribution in [2.24, 2.45) is 7.05 Å². The summed E-state index contributed by atoms with van der Waals surface area (Å²) in [4.78, 5) is 24.9. The molecule has 1 fully saturated rings. The fourth-order valence-corrected chi connectivity index (χ4v) is 4.19. The number of halogens is 2. The van der Waals surface area contributed by atoms with Crippen LogP contribution in [0.3, 0.4) is 0 Å². The Kier molecular flexibility index (Phi) is 5.74. The molecule has 3 rings (SSSR count). The monoisotopic (exact) mass is 448 g/mol. The highest BCUT2D eigenvalue weighted by Gasteiger charge is 2.32. The molecule has 0 spiro atoms. The normalized spacial score (nSPS) is 19.6. The van der Waals surface area contributed by atoms with E-state index in [1.54, 1.807) is 7.05 Å². The number of hydrogen-bond acceptors (Lipinski definition) is 6. The van der Waals surface area contributed by atoms with Gasteiger partial charge in [-0.15, -0.1) is 0 Å². The average molecular weight is 449 g/mol. The molecule has 0 saturated heterocycles. The van der Waals surface area contributed by atoms with Gasteiger partial charge in [0.1, 0.15) is 10.7 Å². The molecule has 2 N–H and O–H groups in total. The van der Waals surface area contributed by atoms with Gasteiger partial charge in [0.15, 0.2) is 10.9 Å². The predicted molar refractivity (Wildman–Crippen MR) is 101 cm³/mol. The Morgan fingerprint density at radius 2 is 1.79 bits per heavy atom. The van der Waals surface area contributed by atoms with E-state index in [-0.39, 0.29) is 38.8 Å². The third-order valence-electron chi connectivity index (χ3n) is 4.48. The summed E-state index contributed by atoms with van der Waals surface area (Å²) in [5.41, 5.74) is 0.0756. The van der Waals surface area contributed by atoms with Crippen LogP contribution in [0.15, 0.2) is 21.6 Å². The topological polar surface area (TPSA) is 123 Å². The number of nitrogens with one attached hydrogen (secondary N) is 2. The van der Waals surface area contributed by atoms with Crippen LogP contribution in [0.5, 0.6) is 0 Å². The molecule has 0 unspecified atom stereocenters. The highest BCUT2D eigenvalue weighted by Crippen LogP contribution is 2.25. The number of furan rings is 1. The molecule has 12 heteroatoms. The van der Waals surface area contributed by atoms with E-state index in [0.29, 0.717) is 12.8 Å². The zero-order chi connectivity index (χ0) is 20.6. The Hall–Kier alpha value is -2.04. The van der Waals surface area contributed by atoms with Gasteiger partial charge in [-0.3, -0.25) is 14.3 Å². The molecular weight excluding hydrogens is 431 g/mol. The van der Waals surface area contributed by atoms with Crippen molar-refractivity contribution in [2.75, 3.05) is 6.26 Å². The van der Waals surface area contributed by atoms with Gasteiger partial charge in [-0.05, 0) is 31.4 Å². The summed E-state index contributed by atoms with van der Waals surface area (Å²) in [6.07, 6.45) is 3.08. The van der Waals surface area contributed by atoms with E-state index in [4.69, 9.17) is 27.6 Å². The maximum Gasteiger partial charge on any atom is 0.287 e. The molecule has 2 heterocycles. The number of nitrogens with zero attached hydrogens (tertiary/aromatic N) is 2. The first-order valence-corrected chi connectivity index (χ1v) is 11.0. The molecule has 0 bridgehead atoms. The average Bonchev–Trinajstić information content (AvgIpc) is 3.29. The Morgan fingerprint density at radius 3 is 2.29 bits per heavy atom. The second-order valence-electron chi connectivity index (χ2n) is 6.56. The molecule has 1 aliphatic carbocycles. The predicted octanol–water partition coefficient (Wildman–Crippen LogP) is 1.80. The largest absolute Gasteiger partial charge is 0.440 e. The van der Waals surface area contributed by atoms with Crippen LogP contribution in [0.1, 0.15) is 40.2 Å². The van der Waals surface area contributed by atoms with E-state index < -0.39 is 21.7 Å². The van der Waals surface area contributed by atoms with Crippen molar-refractivity contribution in [3.05, 3.63) is 33.8 Å². The third-order valence-corrected chi connectivity index (χ3v) is 6.13. The lowest BCUT2D eigenvalue weighted by molar-refractivity contribution is 0.0872. The molecule has 1 aliphatic rings. The van der Waals surface area contributed by atoms with Crippen LogP contribution in [-0.2, 0) is 16.9 Å². The number of aryl methyl sites for hydroxylation is 1. The van der Waals surface area contributed by atoms with Gasteiger partial charge in [0, 0.05) is 25.4 Å². The molecule has 1 saturated carbocycles. The van der Waals surface area contributed by atoms with Crippen LogP contribution in [0.2, 0.25) is 10.3 Å². The molecule has 2 aromatic rings. The number of carbonyl (C=O) groups is 2. The molecule has 152 valence electrons. The number of aromatic nitrogens is 2. The first-order valence-electron chi connectivity index (χ1n) is 8.37. The number of hydrogen-bond donors (Lipinski definition) is 2. The maximum absolute atomic E-state index is 12.5. The van der Waals surface area contributed by atoms with Crippen molar-refractivity contribution < 1.29 is 22.4 Å². The summed E-state index contributed by atoms with van der Waals surface area (Å²) in [5, 5.41) is 9.32. The summed E-state index contributed by atoms with van der Waals surface area (Å²) >= 11 is 12.0. The van der Waals surface area contributed by atoms with Crippen LogP contribution in [0, 0.1) is 0 Å². The third kappa shape index (κ3) is 4.18. The zero-order valence-corrected chi connectivity index (χ0v) is 17.4. The lowest BCUT2D eigenvalue weighted by atomic mass is 10.1. The lowest BCUT2D eigenvalue weighted by Crippen LogP contribution is -2.48. The first kappa shape index (κ1) is 20.7. The van der Waals surface area contributed by atoms with Gasteiger partial charge in [-0.1, -0.05) is 23.2 Å². The summed E-state index contributed by atoms with van der Waals surface area (Å²) in [6, 6.07) is 1.83. The van der Waals surface area contributed by atoms with E-state index >= 15 is 0 Å². The maximum atomic E-state index is 12.5. The van der Waals surface area contributed by atoms with Crippen molar-refractivity contribution >= 4 is 44.9 Å².